The lowest BCUT2D eigenvalue weighted by atomic mass is 10.1. The number of hydrogen-bond acceptors (Lipinski definition) is 2. The predicted octanol–water partition coefficient (Wildman–Crippen LogP) is 4.77. The van der Waals surface area contributed by atoms with Crippen LogP contribution in [0.2, 0.25) is 0 Å². The third-order valence-electron chi connectivity index (χ3n) is 3.28. The van der Waals surface area contributed by atoms with Crippen molar-refractivity contribution in [2.24, 2.45) is 0 Å². The van der Waals surface area contributed by atoms with Crippen molar-refractivity contribution in [3.8, 4) is 0 Å². The molecule has 0 aromatic heterocycles. The molecule has 1 atom stereocenters. The van der Waals surface area contributed by atoms with E-state index in [4.69, 9.17) is 5.11 Å². The van der Waals surface area contributed by atoms with E-state index < -0.39 is 5.97 Å². The van der Waals surface area contributed by atoms with Crippen LogP contribution >= 0.6 is 15.9 Å². The van der Waals surface area contributed by atoms with E-state index in [1.165, 1.54) is 12.1 Å². The van der Waals surface area contributed by atoms with Crippen LogP contribution in [0.4, 0.5) is 10.1 Å². The van der Waals surface area contributed by atoms with Crippen molar-refractivity contribution in [1.82, 2.24) is 0 Å². The minimum atomic E-state index is -0.984. The molecule has 0 spiro atoms. The number of aryl methyl sites for hydroxylation is 1. The average Bonchev–Trinajstić information content (AvgIpc) is 2.41. The van der Waals surface area contributed by atoms with Gasteiger partial charge < -0.3 is 10.4 Å². The lowest BCUT2D eigenvalue weighted by Crippen LogP contribution is -2.08. The zero-order valence-electron chi connectivity index (χ0n) is 11.7. The molecule has 0 aliphatic heterocycles. The summed E-state index contributed by atoms with van der Waals surface area (Å²) in [6.07, 6.45) is 0. The number of nitrogens with one attached hydrogen (secondary N) is 1. The van der Waals surface area contributed by atoms with Crippen molar-refractivity contribution in [2.75, 3.05) is 5.32 Å². The van der Waals surface area contributed by atoms with Crippen molar-refractivity contribution >= 4 is 27.6 Å². The van der Waals surface area contributed by atoms with Crippen molar-refractivity contribution < 1.29 is 14.3 Å². The Morgan fingerprint density at radius 3 is 2.57 bits per heavy atom. The Labute approximate surface area is 130 Å². The van der Waals surface area contributed by atoms with E-state index in [0.29, 0.717) is 10.0 Å². The van der Waals surface area contributed by atoms with Gasteiger partial charge in [0.1, 0.15) is 5.82 Å². The molecule has 0 saturated carbocycles. The van der Waals surface area contributed by atoms with Crippen molar-refractivity contribution in [3.63, 3.8) is 0 Å². The molecule has 0 saturated heterocycles. The lowest BCUT2D eigenvalue weighted by Gasteiger charge is -2.17. The Bertz CT molecular complexity index is 688. The number of anilines is 1. The Morgan fingerprint density at radius 1 is 1.29 bits per heavy atom. The Hall–Kier alpha value is -1.88. The van der Waals surface area contributed by atoms with E-state index in [2.05, 4.69) is 21.2 Å². The number of benzene rings is 2. The fraction of sp³-hybridized carbons (Fsp3) is 0.188. The van der Waals surface area contributed by atoms with Gasteiger partial charge in [-0.3, -0.25) is 0 Å². The molecule has 0 fully saturated rings. The standard InChI is InChI=1S/C16H15BrFNO2/c1-9-3-4-11(7-15(9)18)10(2)19-12-5-6-13(16(20)21)14(17)8-12/h3-8,10,19H,1-2H3,(H,20,21). The fourth-order valence-electron chi connectivity index (χ4n) is 1.99. The van der Waals surface area contributed by atoms with E-state index in [-0.39, 0.29) is 17.4 Å². The molecule has 0 amide bonds. The summed E-state index contributed by atoms with van der Waals surface area (Å²) in [7, 11) is 0. The Balaban J connectivity index is 2.19. The van der Waals surface area contributed by atoms with Gasteiger partial charge in [0, 0.05) is 16.2 Å². The van der Waals surface area contributed by atoms with Crippen LogP contribution in [-0.2, 0) is 0 Å². The van der Waals surface area contributed by atoms with Gasteiger partial charge in [0.15, 0.2) is 0 Å². The van der Waals surface area contributed by atoms with Gasteiger partial charge in [-0.2, -0.15) is 0 Å². The molecule has 5 heteroatoms. The summed E-state index contributed by atoms with van der Waals surface area (Å²) < 4.78 is 14.1. The van der Waals surface area contributed by atoms with Crippen LogP contribution in [0.3, 0.4) is 0 Å². The quantitative estimate of drug-likeness (QED) is 0.834. The third kappa shape index (κ3) is 3.61. The van der Waals surface area contributed by atoms with Gasteiger partial charge in [0.2, 0.25) is 0 Å². The van der Waals surface area contributed by atoms with E-state index in [0.717, 1.165) is 11.3 Å². The lowest BCUT2D eigenvalue weighted by molar-refractivity contribution is 0.0696. The maximum atomic E-state index is 13.6. The first-order chi connectivity index (χ1) is 9.88. The van der Waals surface area contributed by atoms with Crippen LogP contribution in [0.15, 0.2) is 40.9 Å². The van der Waals surface area contributed by atoms with Crippen molar-refractivity contribution in [1.29, 1.82) is 0 Å². The second kappa shape index (κ2) is 6.26. The number of carboxylic acids is 1. The normalized spacial score (nSPS) is 12.0. The molecular formula is C16H15BrFNO2. The van der Waals surface area contributed by atoms with E-state index in [9.17, 15) is 9.18 Å². The first-order valence-electron chi connectivity index (χ1n) is 6.44. The smallest absolute Gasteiger partial charge is 0.336 e. The maximum absolute atomic E-state index is 13.6. The van der Waals surface area contributed by atoms with Gasteiger partial charge in [0.05, 0.1) is 5.56 Å². The molecule has 2 rings (SSSR count). The number of aromatic carboxylic acids is 1. The highest BCUT2D eigenvalue weighted by Crippen LogP contribution is 2.25. The van der Waals surface area contributed by atoms with Gasteiger partial charge in [-0.15, -0.1) is 0 Å². The molecule has 1 unspecified atom stereocenters. The topological polar surface area (TPSA) is 49.3 Å². The molecule has 0 bridgehead atoms. The Morgan fingerprint density at radius 2 is 2.00 bits per heavy atom. The molecule has 21 heavy (non-hydrogen) atoms. The molecule has 0 radical (unpaired) electrons. The van der Waals surface area contributed by atoms with Crippen LogP contribution in [0.5, 0.6) is 0 Å². The zero-order chi connectivity index (χ0) is 15.6. The molecule has 0 heterocycles. The molecule has 2 aromatic carbocycles. The van der Waals surface area contributed by atoms with Gasteiger partial charge in [0.25, 0.3) is 0 Å². The summed E-state index contributed by atoms with van der Waals surface area (Å²) in [5, 5.41) is 12.2. The zero-order valence-corrected chi connectivity index (χ0v) is 13.2. The molecule has 3 nitrogen and oxygen atoms in total. The number of halogens is 2. The molecule has 2 N–H and O–H groups in total. The first kappa shape index (κ1) is 15.5. The maximum Gasteiger partial charge on any atom is 0.336 e. The van der Waals surface area contributed by atoms with E-state index in [1.807, 2.05) is 13.0 Å². The van der Waals surface area contributed by atoms with Gasteiger partial charge in [-0.05, 0) is 65.2 Å². The number of rotatable bonds is 4. The van der Waals surface area contributed by atoms with Crippen LogP contribution in [0.25, 0.3) is 0 Å². The van der Waals surface area contributed by atoms with Gasteiger partial charge in [-0.25, -0.2) is 9.18 Å². The highest BCUT2D eigenvalue weighted by atomic mass is 79.9. The molecule has 0 aliphatic carbocycles. The summed E-state index contributed by atoms with van der Waals surface area (Å²) in [5.41, 5.74) is 2.41. The second-order valence-corrected chi connectivity index (χ2v) is 5.73. The summed E-state index contributed by atoms with van der Waals surface area (Å²) in [6.45, 7) is 3.64. The molecule has 110 valence electrons. The van der Waals surface area contributed by atoms with Crippen LogP contribution in [-0.4, -0.2) is 11.1 Å². The first-order valence-corrected chi connectivity index (χ1v) is 7.23. The summed E-state index contributed by atoms with van der Waals surface area (Å²) >= 11 is 3.23. The summed E-state index contributed by atoms with van der Waals surface area (Å²) in [4.78, 5) is 11.0. The van der Waals surface area contributed by atoms with Crippen LogP contribution in [0.1, 0.15) is 34.5 Å². The van der Waals surface area contributed by atoms with Crippen LogP contribution in [0, 0.1) is 12.7 Å². The number of hydrogen-bond donors (Lipinski definition) is 2. The SMILES string of the molecule is Cc1ccc(C(C)Nc2ccc(C(=O)O)c(Br)c2)cc1F. The Kier molecular flexibility index (Phi) is 4.63. The minimum Gasteiger partial charge on any atom is -0.478 e. The largest absolute Gasteiger partial charge is 0.478 e. The predicted molar refractivity (Wildman–Crippen MR) is 84.3 cm³/mol. The van der Waals surface area contributed by atoms with Gasteiger partial charge >= 0.3 is 5.97 Å². The number of carboxylic acid groups (broad SMARTS) is 1. The van der Waals surface area contributed by atoms with Crippen molar-refractivity contribution in [3.05, 3.63) is 63.4 Å². The monoisotopic (exact) mass is 351 g/mol. The fourth-order valence-corrected chi connectivity index (χ4v) is 2.54. The summed E-state index contributed by atoms with van der Waals surface area (Å²) in [6, 6.07) is 9.94. The second-order valence-electron chi connectivity index (χ2n) is 4.87. The van der Waals surface area contributed by atoms with E-state index >= 15 is 0 Å². The summed E-state index contributed by atoms with van der Waals surface area (Å²) in [5.74, 6) is -1.22. The van der Waals surface area contributed by atoms with Gasteiger partial charge in [-0.1, -0.05) is 12.1 Å². The third-order valence-corrected chi connectivity index (χ3v) is 3.93. The van der Waals surface area contributed by atoms with Crippen LogP contribution < -0.4 is 5.32 Å². The average molecular weight is 352 g/mol. The number of carbonyl (C=O) groups is 1. The molecule has 2 aromatic rings. The van der Waals surface area contributed by atoms with E-state index in [1.54, 1.807) is 25.1 Å². The van der Waals surface area contributed by atoms with Crippen molar-refractivity contribution in [2.45, 2.75) is 19.9 Å². The minimum absolute atomic E-state index is 0.0947. The molecular weight excluding hydrogens is 337 g/mol. The highest BCUT2D eigenvalue weighted by Gasteiger charge is 2.11. The highest BCUT2D eigenvalue weighted by molar-refractivity contribution is 9.10. The molecule has 0 aliphatic rings.